The van der Waals surface area contributed by atoms with E-state index in [0.717, 1.165) is 0 Å². The number of benzene rings is 1. The van der Waals surface area contributed by atoms with Crippen LogP contribution in [0.3, 0.4) is 0 Å². The number of hydrogen-bond donors (Lipinski definition) is 2. The third kappa shape index (κ3) is 1.14. The lowest BCUT2D eigenvalue weighted by atomic mass is 10.1. The van der Waals surface area contributed by atoms with Crippen molar-refractivity contribution in [3.63, 3.8) is 0 Å². The maximum atomic E-state index is 13.3. The highest BCUT2D eigenvalue weighted by atomic mass is 19.1. The van der Waals surface area contributed by atoms with Crippen molar-refractivity contribution in [2.24, 2.45) is 0 Å². The number of hydrogen-bond acceptors (Lipinski definition) is 3. The first-order valence-electron chi connectivity index (χ1n) is 4.04. The van der Waals surface area contributed by atoms with Gasteiger partial charge in [0.2, 0.25) is 0 Å². The van der Waals surface area contributed by atoms with Crippen LogP contribution in [-0.2, 0) is 0 Å². The van der Waals surface area contributed by atoms with Crippen LogP contribution in [-0.4, -0.2) is 15.8 Å². The van der Waals surface area contributed by atoms with Crippen LogP contribution in [0.4, 0.5) is 10.3 Å². The Kier molecular flexibility index (Phi) is 1.73. The molecule has 5 heteroatoms. The highest BCUT2D eigenvalue weighted by molar-refractivity contribution is 6.05. The molecule has 0 saturated heterocycles. The molecular formula is C9H8FN3O. The topological polar surface area (TPSA) is 71.8 Å². The van der Waals surface area contributed by atoms with E-state index in [-0.39, 0.29) is 22.8 Å². The van der Waals surface area contributed by atoms with Crippen LogP contribution in [0.5, 0.6) is 0 Å². The highest BCUT2D eigenvalue weighted by Gasteiger charge is 2.14. The maximum absolute atomic E-state index is 13.3. The van der Waals surface area contributed by atoms with Gasteiger partial charge in [0.15, 0.2) is 11.7 Å². The van der Waals surface area contributed by atoms with Crippen molar-refractivity contribution in [3.05, 3.63) is 23.5 Å². The molecule has 2 aromatic rings. The predicted octanol–water partition coefficient (Wildman–Crippen LogP) is 1.49. The SMILES string of the molecule is CC(=O)c1c(F)ccc2[nH]c(N)nc12. The van der Waals surface area contributed by atoms with Crippen LogP contribution in [0.2, 0.25) is 0 Å². The second-order valence-corrected chi connectivity index (χ2v) is 3.00. The number of halogens is 1. The molecular weight excluding hydrogens is 185 g/mol. The number of fused-ring (bicyclic) bond motifs is 1. The second-order valence-electron chi connectivity index (χ2n) is 3.00. The molecule has 0 radical (unpaired) electrons. The second kappa shape index (κ2) is 2.80. The van der Waals surface area contributed by atoms with Gasteiger partial charge in [0.25, 0.3) is 0 Å². The number of anilines is 1. The fourth-order valence-corrected chi connectivity index (χ4v) is 1.40. The van der Waals surface area contributed by atoms with Gasteiger partial charge in [-0.2, -0.15) is 0 Å². The first-order valence-corrected chi connectivity index (χ1v) is 4.04. The average molecular weight is 193 g/mol. The summed E-state index contributed by atoms with van der Waals surface area (Å²) >= 11 is 0. The smallest absolute Gasteiger partial charge is 0.198 e. The summed E-state index contributed by atoms with van der Waals surface area (Å²) in [6, 6.07) is 2.72. The van der Waals surface area contributed by atoms with Crippen molar-refractivity contribution in [2.45, 2.75) is 6.92 Å². The summed E-state index contributed by atoms with van der Waals surface area (Å²) in [4.78, 5) is 17.7. The molecule has 72 valence electrons. The number of carbonyl (C=O) groups is 1. The molecule has 1 heterocycles. The van der Waals surface area contributed by atoms with Crippen LogP contribution < -0.4 is 5.73 Å². The lowest BCUT2D eigenvalue weighted by Gasteiger charge is -1.98. The summed E-state index contributed by atoms with van der Waals surface area (Å²) in [7, 11) is 0. The van der Waals surface area contributed by atoms with Crippen molar-refractivity contribution in [3.8, 4) is 0 Å². The van der Waals surface area contributed by atoms with Crippen molar-refractivity contribution >= 4 is 22.8 Å². The quantitative estimate of drug-likeness (QED) is 0.674. The Hall–Kier alpha value is -1.91. The lowest BCUT2D eigenvalue weighted by molar-refractivity contribution is 0.101. The third-order valence-corrected chi connectivity index (χ3v) is 1.97. The van der Waals surface area contributed by atoms with E-state index in [4.69, 9.17) is 5.73 Å². The molecule has 0 aliphatic heterocycles. The molecule has 14 heavy (non-hydrogen) atoms. The van der Waals surface area contributed by atoms with Crippen LogP contribution in [0.25, 0.3) is 11.0 Å². The number of carbonyl (C=O) groups excluding carboxylic acids is 1. The first-order chi connectivity index (χ1) is 6.59. The minimum Gasteiger partial charge on any atom is -0.369 e. The van der Waals surface area contributed by atoms with E-state index >= 15 is 0 Å². The van der Waals surface area contributed by atoms with Gasteiger partial charge >= 0.3 is 0 Å². The first kappa shape index (κ1) is 8.68. The molecule has 0 aliphatic rings. The van der Waals surface area contributed by atoms with Gasteiger partial charge in [0.1, 0.15) is 11.3 Å². The maximum Gasteiger partial charge on any atom is 0.198 e. The molecule has 4 nitrogen and oxygen atoms in total. The number of imidazole rings is 1. The molecule has 0 amide bonds. The largest absolute Gasteiger partial charge is 0.369 e. The molecule has 1 aromatic carbocycles. The molecule has 0 bridgehead atoms. The van der Waals surface area contributed by atoms with Crippen LogP contribution in [0.15, 0.2) is 12.1 Å². The zero-order valence-electron chi connectivity index (χ0n) is 7.47. The van der Waals surface area contributed by atoms with Gasteiger partial charge in [-0.15, -0.1) is 0 Å². The van der Waals surface area contributed by atoms with Gasteiger partial charge < -0.3 is 10.7 Å². The Balaban J connectivity index is 2.88. The number of nitrogens with one attached hydrogen (secondary N) is 1. The summed E-state index contributed by atoms with van der Waals surface area (Å²) < 4.78 is 13.3. The number of rotatable bonds is 1. The monoisotopic (exact) mass is 193 g/mol. The Morgan fingerprint density at radius 1 is 1.57 bits per heavy atom. The fourth-order valence-electron chi connectivity index (χ4n) is 1.40. The summed E-state index contributed by atoms with van der Waals surface area (Å²) in [6.45, 7) is 1.29. The van der Waals surface area contributed by atoms with Crippen molar-refractivity contribution in [1.29, 1.82) is 0 Å². The van der Waals surface area contributed by atoms with E-state index in [1.165, 1.54) is 19.1 Å². The molecule has 0 aliphatic carbocycles. The zero-order valence-corrected chi connectivity index (χ0v) is 7.47. The molecule has 1 aromatic heterocycles. The van der Waals surface area contributed by atoms with Crippen LogP contribution in [0, 0.1) is 5.82 Å². The Labute approximate surface area is 78.9 Å². The summed E-state index contributed by atoms with van der Waals surface area (Å²) in [5.41, 5.74) is 6.24. The normalized spacial score (nSPS) is 10.7. The van der Waals surface area contributed by atoms with Crippen molar-refractivity contribution < 1.29 is 9.18 Å². The molecule has 3 N–H and O–H groups in total. The summed E-state index contributed by atoms with van der Waals surface area (Å²) in [5, 5.41) is 0. The fraction of sp³-hybridized carbons (Fsp3) is 0.111. The van der Waals surface area contributed by atoms with Gasteiger partial charge in [-0.1, -0.05) is 0 Å². The minimum absolute atomic E-state index is 0.0181. The van der Waals surface area contributed by atoms with E-state index in [0.29, 0.717) is 5.52 Å². The molecule has 0 unspecified atom stereocenters. The van der Waals surface area contributed by atoms with E-state index < -0.39 is 5.82 Å². The van der Waals surface area contributed by atoms with Crippen molar-refractivity contribution in [2.75, 3.05) is 5.73 Å². The number of aromatic amines is 1. The Morgan fingerprint density at radius 2 is 2.29 bits per heavy atom. The van der Waals surface area contributed by atoms with Gasteiger partial charge in [-0.25, -0.2) is 9.37 Å². The number of nitrogens with two attached hydrogens (primary N) is 1. The van der Waals surface area contributed by atoms with Gasteiger partial charge in [0, 0.05) is 0 Å². The van der Waals surface area contributed by atoms with E-state index in [9.17, 15) is 9.18 Å². The molecule has 0 spiro atoms. The number of ketones is 1. The van der Waals surface area contributed by atoms with E-state index in [2.05, 4.69) is 9.97 Å². The zero-order chi connectivity index (χ0) is 10.3. The number of Topliss-reactive ketones (excluding diaryl/α,β-unsaturated/α-hetero) is 1. The van der Waals surface area contributed by atoms with E-state index in [1.807, 2.05) is 0 Å². The average Bonchev–Trinajstić information content (AvgIpc) is 2.43. The summed E-state index contributed by atoms with van der Waals surface area (Å²) in [5.74, 6) is -0.760. The Bertz CT molecular complexity index is 518. The number of aromatic nitrogens is 2. The predicted molar refractivity (Wildman–Crippen MR) is 50.5 cm³/mol. The van der Waals surface area contributed by atoms with Crippen LogP contribution >= 0.6 is 0 Å². The minimum atomic E-state index is -0.573. The van der Waals surface area contributed by atoms with Gasteiger partial charge in [0.05, 0.1) is 11.1 Å². The highest BCUT2D eigenvalue weighted by Crippen LogP contribution is 2.20. The third-order valence-electron chi connectivity index (χ3n) is 1.97. The number of H-pyrrole nitrogens is 1. The lowest BCUT2D eigenvalue weighted by Crippen LogP contribution is -1.98. The van der Waals surface area contributed by atoms with Gasteiger partial charge in [-0.3, -0.25) is 4.79 Å². The summed E-state index contributed by atoms with van der Waals surface area (Å²) in [6.07, 6.45) is 0. The standard InChI is InChI=1S/C9H8FN3O/c1-4(14)7-5(10)2-3-6-8(7)13-9(11)12-6/h2-3H,1H3,(H3,11,12,13). The molecule has 0 atom stereocenters. The van der Waals surface area contributed by atoms with Crippen molar-refractivity contribution in [1.82, 2.24) is 9.97 Å². The van der Waals surface area contributed by atoms with Gasteiger partial charge in [-0.05, 0) is 19.1 Å². The van der Waals surface area contributed by atoms with Crippen LogP contribution in [0.1, 0.15) is 17.3 Å². The molecule has 2 rings (SSSR count). The number of nitrogen functional groups attached to an aromatic ring is 1. The molecule has 0 fully saturated rings. The Morgan fingerprint density at radius 3 is 2.93 bits per heavy atom. The number of nitrogens with zero attached hydrogens (tertiary/aromatic N) is 1. The molecule has 0 saturated carbocycles. The van der Waals surface area contributed by atoms with E-state index in [1.54, 1.807) is 0 Å².